The summed E-state index contributed by atoms with van der Waals surface area (Å²) in [5.41, 5.74) is 7.27. The number of oxazole rings is 1. The number of carbonyl (C=O) groups is 1. The van der Waals surface area contributed by atoms with Crippen molar-refractivity contribution in [3.8, 4) is 0 Å². The quantitative estimate of drug-likeness (QED) is 0.731. The monoisotopic (exact) mass is 267 g/mol. The predicted molar refractivity (Wildman–Crippen MR) is 67.2 cm³/mol. The number of hydrogen-bond donors (Lipinski definition) is 3. The van der Waals surface area contributed by atoms with Gasteiger partial charge < -0.3 is 15.5 Å². The van der Waals surface area contributed by atoms with Crippen molar-refractivity contribution in [2.75, 3.05) is 6.67 Å². The molecular formula is C12H14FN3O3. The van der Waals surface area contributed by atoms with Gasteiger partial charge in [0.2, 0.25) is 5.91 Å². The van der Waals surface area contributed by atoms with Gasteiger partial charge >= 0.3 is 5.76 Å². The van der Waals surface area contributed by atoms with E-state index in [2.05, 4.69) is 10.3 Å². The van der Waals surface area contributed by atoms with Crippen molar-refractivity contribution in [3.63, 3.8) is 0 Å². The van der Waals surface area contributed by atoms with Crippen LogP contribution >= 0.6 is 0 Å². The molecule has 0 aliphatic carbocycles. The van der Waals surface area contributed by atoms with E-state index in [0.717, 1.165) is 5.56 Å². The minimum absolute atomic E-state index is 0.0000808. The Morgan fingerprint density at radius 2 is 2.32 bits per heavy atom. The highest BCUT2D eigenvalue weighted by Crippen LogP contribution is 2.11. The first kappa shape index (κ1) is 13.3. The number of hydrogen-bond acceptors (Lipinski definition) is 4. The van der Waals surface area contributed by atoms with Crippen molar-refractivity contribution in [2.45, 2.75) is 19.0 Å². The van der Waals surface area contributed by atoms with Gasteiger partial charge in [0.05, 0.1) is 18.2 Å². The highest BCUT2D eigenvalue weighted by molar-refractivity contribution is 5.81. The second-order valence-corrected chi connectivity index (χ2v) is 4.15. The maximum Gasteiger partial charge on any atom is 0.417 e. The molecule has 4 N–H and O–H groups in total. The Hall–Kier alpha value is -2.15. The van der Waals surface area contributed by atoms with Gasteiger partial charge in [0.1, 0.15) is 0 Å². The summed E-state index contributed by atoms with van der Waals surface area (Å²) in [7, 11) is 0. The van der Waals surface area contributed by atoms with Gasteiger partial charge in [0.15, 0.2) is 5.58 Å². The van der Waals surface area contributed by atoms with Crippen LogP contribution in [0.25, 0.3) is 11.1 Å². The third kappa shape index (κ3) is 3.19. The lowest BCUT2D eigenvalue weighted by molar-refractivity contribution is -0.122. The Bertz CT molecular complexity index is 634. The second-order valence-electron chi connectivity index (χ2n) is 4.15. The third-order valence-corrected chi connectivity index (χ3v) is 2.71. The van der Waals surface area contributed by atoms with Crippen LogP contribution in [0.15, 0.2) is 27.4 Å². The Morgan fingerprint density at radius 3 is 3.05 bits per heavy atom. The molecular weight excluding hydrogens is 253 g/mol. The van der Waals surface area contributed by atoms with E-state index in [1.807, 2.05) is 0 Å². The Kier molecular flexibility index (Phi) is 3.96. The summed E-state index contributed by atoms with van der Waals surface area (Å²) in [6.07, 6.45) is -0.0000808. The lowest BCUT2D eigenvalue weighted by Crippen LogP contribution is -2.40. The SMILES string of the molecule is NC(CCF)C(=O)NCc1ccc2oc(=O)[nH]c2c1. The van der Waals surface area contributed by atoms with Gasteiger partial charge in [0, 0.05) is 6.54 Å². The fourth-order valence-corrected chi connectivity index (χ4v) is 1.68. The zero-order valence-corrected chi connectivity index (χ0v) is 10.1. The predicted octanol–water partition coefficient (Wildman–Crippen LogP) is 0.424. The zero-order valence-electron chi connectivity index (χ0n) is 10.1. The Morgan fingerprint density at radius 1 is 1.53 bits per heavy atom. The average Bonchev–Trinajstić information content (AvgIpc) is 2.75. The van der Waals surface area contributed by atoms with Gasteiger partial charge in [0.25, 0.3) is 0 Å². The molecule has 2 aromatic rings. The molecule has 1 atom stereocenters. The van der Waals surface area contributed by atoms with Crippen LogP contribution in [-0.2, 0) is 11.3 Å². The van der Waals surface area contributed by atoms with E-state index in [4.69, 9.17) is 10.2 Å². The number of halogens is 1. The van der Waals surface area contributed by atoms with Crippen molar-refractivity contribution in [1.29, 1.82) is 0 Å². The maximum absolute atomic E-state index is 12.0. The molecule has 0 saturated carbocycles. The standard InChI is InChI=1S/C12H14FN3O3/c13-4-3-8(14)11(17)15-6-7-1-2-10-9(5-7)16-12(18)19-10/h1-2,5,8H,3-4,6,14H2,(H,15,17)(H,16,18). The number of benzene rings is 1. The summed E-state index contributed by atoms with van der Waals surface area (Å²) in [4.78, 5) is 25.0. The molecule has 0 bridgehead atoms. The molecule has 1 aromatic heterocycles. The summed E-state index contributed by atoms with van der Waals surface area (Å²) >= 11 is 0. The number of aromatic amines is 1. The molecule has 0 spiro atoms. The van der Waals surface area contributed by atoms with Gasteiger partial charge in [-0.15, -0.1) is 0 Å². The summed E-state index contributed by atoms with van der Waals surface area (Å²) in [5.74, 6) is -0.931. The average molecular weight is 267 g/mol. The number of carbonyl (C=O) groups excluding carboxylic acids is 1. The highest BCUT2D eigenvalue weighted by atomic mass is 19.1. The van der Waals surface area contributed by atoms with Crippen LogP contribution in [0.1, 0.15) is 12.0 Å². The van der Waals surface area contributed by atoms with Gasteiger partial charge in [-0.2, -0.15) is 0 Å². The fraction of sp³-hybridized carbons (Fsp3) is 0.333. The van der Waals surface area contributed by atoms with Crippen LogP contribution in [0.2, 0.25) is 0 Å². The van der Waals surface area contributed by atoms with Gasteiger partial charge in [-0.05, 0) is 24.1 Å². The number of rotatable bonds is 5. The van der Waals surface area contributed by atoms with Gasteiger partial charge in [-0.25, -0.2) is 4.79 Å². The van der Waals surface area contributed by atoms with Crippen LogP contribution in [0.3, 0.4) is 0 Å². The molecule has 102 valence electrons. The highest BCUT2D eigenvalue weighted by Gasteiger charge is 2.12. The lowest BCUT2D eigenvalue weighted by Gasteiger charge is -2.10. The molecule has 0 aliphatic heterocycles. The van der Waals surface area contributed by atoms with Gasteiger partial charge in [-0.1, -0.05) is 6.07 Å². The first-order valence-corrected chi connectivity index (χ1v) is 5.81. The van der Waals surface area contributed by atoms with Crippen molar-refractivity contribution in [3.05, 3.63) is 34.3 Å². The number of fused-ring (bicyclic) bond motifs is 1. The molecule has 0 fully saturated rings. The van der Waals surface area contributed by atoms with Crippen LogP contribution < -0.4 is 16.8 Å². The van der Waals surface area contributed by atoms with E-state index in [1.165, 1.54) is 0 Å². The minimum atomic E-state index is -0.845. The second kappa shape index (κ2) is 5.66. The molecule has 1 unspecified atom stereocenters. The van der Waals surface area contributed by atoms with Crippen molar-refractivity contribution in [2.24, 2.45) is 5.73 Å². The number of alkyl halides is 1. The van der Waals surface area contributed by atoms with E-state index in [1.54, 1.807) is 18.2 Å². The smallest absolute Gasteiger partial charge is 0.408 e. The third-order valence-electron chi connectivity index (χ3n) is 2.71. The van der Waals surface area contributed by atoms with Crippen LogP contribution in [-0.4, -0.2) is 23.6 Å². The molecule has 6 nitrogen and oxygen atoms in total. The van der Waals surface area contributed by atoms with Crippen LogP contribution in [0.4, 0.5) is 4.39 Å². The summed E-state index contributed by atoms with van der Waals surface area (Å²) < 4.78 is 16.9. The molecule has 0 saturated heterocycles. The molecule has 1 aromatic carbocycles. The van der Waals surface area contributed by atoms with Crippen molar-refractivity contribution < 1.29 is 13.6 Å². The van der Waals surface area contributed by atoms with E-state index >= 15 is 0 Å². The number of amides is 1. The Labute approximate surface area is 107 Å². The van der Waals surface area contributed by atoms with E-state index in [9.17, 15) is 14.0 Å². The Balaban J connectivity index is 2.01. The molecule has 19 heavy (non-hydrogen) atoms. The van der Waals surface area contributed by atoms with Crippen LogP contribution in [0, 0.1) is 0 Å². The molecule has 0 radical (unpaired) electrons. The summed E-state index contributed by atoms with van der Waals surface area (Å²) in [6, 6.07) is 4.21. The van der Waals surface area contributed by atoms with Crippen LogP contribution in [0.5, 0.6) is 0 Å². The summed E-state index contributed by atoms with van der Waals surface area (Å²) in [6.45, 7) is -0.376. The largest absolute Gasteiger partial charge is 0.417 e. The molecule has 2 rings (SSSR count). The van der Waals surface area contributed by atoms with E-state index in [-0.39, 0.29) is 13.0 Å². The zero-order chi connectivity index (χ0) is 13.8. The van der Waals surface area contributed by atoms with Gasteiger partial charge in [-0.3, -0.25) is 14.2 Å². The molecule has 0 aliphatic rings. The first-order chi connectivity index (χ1) is 9.10. The topological polar surface area (TPSA) is 101 Å². The molecule has 1 amide bonds. The van der Waals surface area contributed by atoms with Crippen molar-refractivity contribution >= 4 is 17.0 Å². The number of nitrogens with two attached hydrogens (primary N) is 1. The first-order valence-electron chi connectivity index (χ1n) is 5.81. The fourth-order valence-electron chi connectivity index (χ4n) is 1.68. The number of aromatic nitrogens is 1. The van der Waals surface area contributed by atoms with E-state index < -0.39 is 24.4 Å². The normalized spacial score (nSPS) is 12.5. The molecule has 1 heterocycles. The minimum Gasteiger partial charge on any atom is -0.408 e. The van der Waals surface area contributed by atoms with E-state index in [0.29, 0.717) is 11.1 Å². The van der Waals surface area contributed by atoms with Crippen molar-refractivity contribution in [1.82, 2.24) is 10.3 Å². The summed E-state index contributed by atoms with van der Waals surface area (Å²) in [5, 5.41) is 2.60. The maximum atomic E-state index is 12.0. The number of H-pyrrole nitrogens is 1. The molecule has 7 heteroatoms. The number of nitrogens with one attached hydrogen (secondary N) is 2. The lowest BCUT2D eigenvalue weighted by atomic mass is 10.2.